The van der Waals surface area contributed by atoms with Crippen molar-refractivity contribution >= 4 is 5.97 Å². The van der Waals surface area contributed by atoms with Gasteiger partial charge >= 0.3 is 12.1 Å². The molecule has 35 heavy (non-hydrogen) atoms. The Labute approximate surface area is 203 Å². The topological polar surface area (TPSA) is 38.8 Å². The molecule has 0 N–H and O–H groups in total. The molecule has 1 aliphatic carbocycles. The minimum atomic E-state index is -4.41. The number of carbonyl (C=O) groups excluding carboxylic acids is 1. The molecular formula is C27H31F4NO3. The second-order valence-electron chi connectivity index (χ2n) is 10.4. The molecule has 190 valence electrons. The van der Waals surface area contributed by atoms with Crippen LogP contribution in [0.3, 0.4) is 0 Å². The predicted octanol–water partition coefficient (Wildman–Crippen LogP) is 6.72. The van der Waals surface area contributed by atoms with Gasteiger partial charge in [0.25, 0.3) is 0 Å². The lowest BCUT2D eigenvalue weighted by Crippen LogP contribution is -2.38. The Bertz CT molecular complexity index is 1070. The van der Waals surface area contributed by atoms with Crippen molar-refractivity contribution in [3.63, 3.8) is 0 Å². The van der Waals surface area contributed by atoms with E-state index in [-0.39, 0.29) is 17.4 Å². The number of benzene rings is 2. The van der Waals surface area contributed by atoms with Crippen molar-refractivity contribution in [3.8, 4) is 5.75 Å². The van der Waals surface area contributed by atoms with Crippen molar-refractivity contribution in [1.82, 2.24) is 4.90 Å². The Kier molecular flexibility index (Phi) is 7.13. The molecule has 0 unspecified atom stereocenters. The van der Waals surface area contributed by atoms with Crippen molar-refractivity contribution in [2.45, 2.75) is 76.8 Å². The van der Waals surface area contributed by atoms with E-state index >= 15 is 0 Å². The minimum Gasteiger partial charge on any atom is -0.490 e. The first-order valence-electron chi connectivity index (χ1n) is 12.0. The molecule has 0 atom stereocenters. The smallest absolute Gasteiger partial charge is 0.416 e. The zero-order valence-electron chi connectivity index (χ0n) is 20.3. The van der Waals surface area contributed by atoms with Gasteiger partial charge in [0.15, 0.2) is 0 Å². The Morgan fingerprint density at radius 1 is 1.03 bits per heavy atom. The molecule has 0 amide bonds. The number of hydrogen-bond donors (Lipinski definition) is 0. The Balaban J connectivity index is 1.39. The Hall–Kier alpha value is -2.61. The van der Waals surface area contributed by atoms with Gasteiger partial charge in [0, 0.05) is 19.6 Å². The van der Waals surface area contributed by atoms with E-state index in [2.05, 4.69) is 4.90 Å². The van der Waals surface area contributed by atoms with E-state index in [9.17, 15) is 22.4 Å². The zero-order valence-corrected chi connectivity index (χ0v) is 20.3. The fraction of sp³-hybridized carbons (Fsp3) is 0.519. The molecule has 1 heterocycles. The number of nitrogens with zero attached hydrogens (tertiary/aromatic N) is 1. The standard InChI is InChI=1S/C27H31F4NO3/c1-26(2,3)35-25(33)23-15-22(17-7-8-17)18(13-24(23)28)16-32-11-9-20(10-12-32)34-21-6-4-5-19(14-21)27(29,30)31/h4-6,13-15,17,20H,7-12,16H2,1-3H3. The number of alkyl halides is 3. The van der Waals surface area contributed by atoms with Crippen LogP contribution in [-0.4, -0.2) is 35.7 Å². The van der Waals surface area contributed by atoms with Gasteiger partial charge in [-0.1, -0.05) is 6.07 Å². The van der Waals surface area contributed by atoms with Crippen LogP contribution < -0.4 is 4.74 Å². The molecule has 2 aliphatic rings. The maximum absolute atomic E-state index is 14.9. The van der Waals surface area contributed by atoms with Crippen molar-refractivity contribution in [1.29, 1.82) is 0 Å². The first-order chi connectivity index (χ1) is 16.4. The lowest BCUT2D eigenvalue weighted by Gasteiger charge is -2.32. The summed E-state index contributed by atoms with van der Waals surface area (Å²) >= 11 is 0. The number of rotatable bonds is 6. The van der Waals surface area contributed by atoms with Gasteiger partial charge in [-0.25, -0.2) is 9.18 Å². The number of hydrogen-bond acceptors (Lipinski definition) is 4. The van der Waals surface area contributed by atoms with Gasteiger partial charge in [0.1, 0.15) is 23.3 Å². The largest absolute Gasteiger partial charge is 0.490 e. The molecule has 0 bridgehead atoms. The Morgan fingerprint density at radius 2 is 1.71 bits per heavy atom. The van der Waals surface area contributed by atoms with E-state index in [0.717, 1.165) is 36.1 Å². The number of halogens is 4. The van der Waals surface area contributed by atoms with E-state index in [1.807, 2.05) is 0 Å². The third-order valence-electron chi connectivity index (χ3n) is 6.26. The fourth-order valence-corrected chi connectivity index (χ4v) is 4.40. The summed E-state index contributed by atoms with van der Waals surface area (Å²) in [6.45, 7) is 7.16. The van der Waals surface area contributed by atoms with Gasteiger partial charge in [-0.2, -0.15) is 13.2 Å². The van der Waals surface area contributed by atoms with Gasteiger partial charge in [-0.05, 0) is 93.8 Å². The summed E-state index contributed by atoms with van der Waals surface area (Å²) < 4.78 is 65.0. The number of likely N-dealkylation sites (tertiary alicyclic amines) is 1. The first-order valence-corrected chi connectivity index (χ1v) is 12.0. The second-order valence-corrected chi connectivity index (χ2v) is 10.4. The van der Waals surface area contributed by atoms with Crippen LogP contribution >= 0.6 is 0 Å². The highest BCUT2D eigenvalue weighted by atomic mass is 19.4. The Morgan fingerprint density at radius 3 is 2.31 bits per heavy atom. The number of carbonyl (C=O) groups is 1. The summed E-state index contributed by atoms with van der Waals surface area (Å²) in [6, 6.07) is 8.06. The fourth-order valence-electron chi connectivity index (χ4n) is 4.40. The molecule has 4 nitrogen and oxygen atoms in total. The van der Waals surface area contributed by atoms with Gasteiger partial charge in [-0.15, -0.1) is 0 Å². The van der Waals surface area contributed by atoms with E-state index in [4.69, 9.17) is 9.47 Å². The predicted molar refractivity (Wildman–Crippen MR) is 124 cm³/mol. The summed E-state index contributed by atoms with van der Waals surface area (Å²) in [4.78, 5) is 14.7. The molecule has 1 aliphatic heterocycles. The molecule has 0 radical (unpaired) electrons. The number of piperidine rings is 1. The van der Waals surface area contributed by atoms with Crippen LogP contribution in [0.2, 0.25) is 0 Å². The molecule has 0 aromatic heterocycles. The van der Waals surface area contributed by atoms with Crippen molar-refractivity contribution in [2.24, 2.45) is 0 Å². The minimum absolute atomic E-state index is 0.0289. The quantitative estimate of drug-likeness (QED) is 0.331. The lowest BCUT2D eigenvalue weighted by atomic mass is 9.97. The SMILES string of the molecule is CC(C)(C)OC(=O)c1cc(C2CC2)c(CN2CCC(Oc3cccc(C(F)(F)F)c3)CC2)cc1F. The summed E-state index contributed by atoms with van der Waals surface area (Å²) in [7, 11) is 0. The van der Waals surface area contributed by atoms with E-state index < -0.39 is 29.1 Å². The molecule has 2 fully saturated rings. The van der Waals surface area contributed by atoms with Gasteiger partial charge in [-0.3, -0.25) is 4.90 Å². The van der Waals surface area contributed by atoms with Crippen LogP contribution in [0, 0.1) is 5.82 Å². The monoisotopic (exact) mass is 493 g/mol. The highest BCUT2D eigenvalue weighted by molar-refractivity contribution is 5.90. The van der Waals surface area contributed by atoms with Crippen LogP contribution in [0.5, 0.6) is 5.75 Å². The normalized spacial score (nSPS) is 17.9. The number of esters is 1. The van der Waals surface area contributed by atoms with E-state index in [1.165, 1.54) is 12.1 Å². The van der Waals surface area contributed by atoms with Crippen LogP contribution in [0.15, 0.2) is 36.4 Å². The molecule has 2 aromatic rings. The second kappa shape index (κ2) is 9.80. The molecule has 2 aromatic carbocycles. The average Bonchev–Trinajstić information content (AvgIpc) is 3.59. The van der Waals surface area contributed by atoms with Gasteiger partial charge in [0.2, 0.25) is 0 Å². The first kappa shape index (κ1) is 25.5. The lowest BCUT2D eigenvalue weighted by molar-refractivity contribution is -0.137. The van der Waals surface area contributed by atoms with E-state index in [1.54, 1.807) is 32.9 Å². The molecular weight excluding hydrogens is 462 g/mol. The summed E-state index contributed by atoms with van der Waals surface area (Å²) in [6.07, 6.45) is -1.24. The highest BCUT2D eigenvalue weighted by Crippen LogP contribution is 2.43. The van der Waals surface area contributed by atoms with Gasteiger partial charge < -0.3 is 9.47 Å². The van der Waals surface area contributed by atoms with Crippen molar-refractivity contribution < 1.29 is 31.8 Å². The maximum Gasteiger partial charge on any atom is 0.416 e. The third-order valence-corrected chi connectivity index (χ3v) is 6.26. The molecule has 4 rings (SSSR count). The maximum atomic E-state index is 14.9. The number of ether oxygens (including phenoxy) is 2. The highest BCUT2D eigenvalue weighted by Gasteiger charge is 2.32. The van der Waals surface area contributed by atoms with Crippen molar-refractivity contribution in [2.75, 3.05) is 13.1 Å². The van der Waals surface area contributed by atoms with Crippen molar-refractivity contribution in [3.05, 3.63) is 64.5 Å². The van der Waals surface area contributed by atoms with Crippen LogP contribution in [0.25, 0.3) is 0 Å². The zero-order chi connectivity index (χ0) is 25.4. The molecule has 1 saturated heterocycles. The van der Waals surface area contributed by atoms with Crippen LogP contribution in [0.4, 0.5) is 17.6 Å². The third kappa shape index (κ3) is 6.75. The van der Waals surface area contributed by atoms with Crippen LogP contribution in [0.1, 0.15) is 79.4 Å². The summed E-state index contributed by atoms with van der Waals surface area (Å²) in [5.41, 5.74) is 0.405. The average molecular weight is 494 g/mol. The van der Waals surface area contributed by atoms with E-state index in [0.29, 0.717) is 38.4 Å². The molecule has 0 spiro atoms. The summed E-state index contributed by atoms with van der Waals surface area (Å²) in [5.74, 6) is -0.694. The molecule has 1 saturated carbocycles. The summed E-state index contributed by atoms with van der Waals surface area (Å²) in [5, 5.41) is 0. The van der Waals surface area contributed by atoms with Crippen LogP contribution in [-0.2, 0) is 17.5 Å². The van der Waals surface area contributed by atoms with Gasteiger partial charge in [0.05, 0.1) is 11.1 Å². The molecule has 8 heteroatoms.